The molecule has 0 heterocycles. The highest BCUT2D eigenvalue weighted by atomic mass is 16.4. The molecular weight excluding hydrogens is 200 g/mol. The number of carbonyl (C=O) groups is 2. The van der Waals surface area contributed by atoms with E-state index >= 15 is 0 Å². The van der Waals surface area contributed by atoms with Crippen LogP contribution in [0.1, 0.15) is 26.7 Å². The number of hydrogen-bond acceptors (Lipinski definition) is 5. The lowest BCUT2D eigenvalue weighted by Gasteiger charge is -1.86. The summed E-state index contributed by atoms with van der Waals surface area (Å²) in [5.74, 6) is -1.04. The van der Waals surface area contributed by atoms with Crippen molar-refractivity contribution in [3.05, 3.63) is 0 Å². The molecule has 0 aromatic rings. The highest BCUT2D eigenvalue weighted by molar-refractivity contribution is 5.79. The Morgan fingerprint density at radius 1 is 1.33 bits per heavy atom. The van der Waals surface area contributed by atoms with Crippen LogP contribution in [0.4, 0.5) is 0 Å². The van der Waals surface area contributed by atoms with Crippen LogP contribution in [0.15, 0.2) is 10.2 Å². The zero-order valence-corrected chi connectivity index (χ0v) is 8.77. The molecule has 0 aromatic heterocycles. The molecule has 4 N–H and O–H groups in total. The molecule has 0 rings (SSSR count). The molecule has 0 fully saturated rings. The molecule has 0 aliphatic carbocycles. The maximum Gasteiger partial charge on any atom is 0.211 e. The Balaban J connectivity index is 0. The fourth-order valence-electron chi connectivity index (χ4n) is 0.433. The molecular formula is C8H15N4O3-. The number of nitrogens with two attached hydrogens (primary N) is 2. The predicted molar refractivity (Wildman–Crippen MR) is 54.9 cm³/mol. The van der Waals surface area contributed by atoms with E-state index in [9.17, 15) is 4.79 Å². The number of carboxylic acid groups (broad SMARTS) is 1. The number of carbonyl (C=O) groups excluding carboxylic acids is 2. The van der Waals surface area contributed by atoms with Crippen molar-refractivity contribution in [2.24, 2.45) is 21.7 Å². The summed E-state index contributed by atoms with van der Waals surface area (Å²) in [4.78, 5) is 19.3. The smallest absolute Gasteiger partial charge is 0.211 e. The number of guanidine groups is 1. The zero-order chi connectivity index (χ0) is 12.3. The molecule has 0 unspecified atom stereocenters. The number of nitrogens with zero attached hydrogens (tertiary/aromatic N) is 2. The molecule has 86 valence electrons. The minimum atomic E-state index is -1.08. The first-order chi connectivity index (χ1) is 6.86. The Labute approximate surface area is 87.9 Å². The van der Waals surface area contributed by atoms with E-state index in [4.69, 9.17) is 21.4 Å². The molecule has 0 saturated heterocycles. The van der Waals surface area contributed by atoms with Crippen molar-refractivity contribution < 1.29 is 14.7 Å². The van der Waals surface area contributed by atoms with E-state index in [0.29, 0.717) is 12.8 Å². The van der Waals surface area contributed by atoms with E-state index in [1.807, 2.05) is 0 Å². The quantitative estimate of drug-likeness (QED) is 0.330. The van der Waals surface area contributed by atoms with Crippen molar-refractivity contribution in [2.75, 3.05) is 0 Å². The zero-order valence-electron chi connectivity index (χ0n) is 8.77. The fraction of sp³-hybridized carbons (Fsp3) is 0.500. The maximum atomic E-state index is 10.4. The first kappa shape index (κ1) is 15.5. The molecule has 0 aromatic carbocycles. The second kappa shape index (κ2) is 10.2. The summed E-state index contributed by atoms with van der Waals surface area (Å²) >= 11 is 0. The second-order valence-electron chi connectivity index (χ2n) is 2.56. The summed E-state index contributed by atoms with van der Waals surface area (Å²) in [6.07, 6.45) is 2.55. The third-order valence-electron chi connectivity index (χ3n) is 0.880. The van der Waals surface area contributed by atoms with Gasteiger partial charge < -0.3 is 26.2 Å². The lowest BCUT2D eigenvalue weighted by molar-refractivity contribution is -0.302. The molecule has 7 nitrogen and oxygen atoms in total. The molecule has 0 saturated carbocycles. The minimum absolute atomic E-state index is 0.0796. The molecule has 0 bridgehead atoms. The summed E-state index contributed by atoms with van der Waals surface area (Å²) in [7, 11) is 0. The Morgan fingerprint density at radius 2 is 1.80 bits per heavy atom. The number of hydrogen-bond donors (Lipinski definition) is 2. The first-order valence-corrected chi connectivity index (χ1v) is 4.13. The SMILES string of the molecule is CC(=O)CCC=NN=C(N)N.CC(=O)[O-]. The van der Waals surface area contributed by atoms with Crippen LogP contribution in [0.25, 0.3) is 0 Å². The van der Waals surface area contributed by atoms with Gasteiger partial charge >= 0.3 is 0 Å². The Hall–Kier alpha value is -1.92. The van der Waals surface area contributed by atoms with Crippen molar-refractivity contribution in [2.45, 2.75) is 26.7 Å². The Morgan fingerprint density at radius 3 is 2.13 bits per heavy atom. The molecule has 0 atom stereocenters. The number of carboxylic acids is 1. The van der Waals surface area contributed by atoms with E-state index in [1.165, 1.54) is 13.1 Å². The van der Waals surface area contributed by atoms with Gasteiger partial charge in [0.1, 0.15) is 5.78 Å². The molecule has 0 radical (unpaired) electrons. The second-order valence-corrected chi connectivity index (χ2v) is 2.56. The third kappa shape index (κ3) is 33.2. The van der Waals surface area contributed by atoms with Crippen LogP contribution in [0.5, 0.6) is 0 Å². The van der Waals surface area contributed by atoms with E-state index in [1.54, 1.807) is 0 Å². The summed E-state index contributed by atoms with van der Waals surface area (Å²) in [5, 5.41) is 15.7. The van der Waals surface area contributed by atoms with Gasteiger partial charge in [-0.1, -0.05) is 0 Å². The van der Waals surface area contributed by atoms with Crippen LogP contribution in [0, 0.1) is 0 Å². The van der Waals surface area contributed by atoms with Gasteiger partial charge in [-0.05, 0) is 20.3 Å². The standard InChI is InChI=1S/C6H12N4O.C2H4O2/c1-5(11)3-2-4-9-10-6(7)8;1-2(3)4/h4H,2-3H2,1H3,(H4,7,8,10);1H3,(H,3,4)/p-1. The highest BCUT2D eigenvalue weighted by Crippen LogP contribution is 1.85. The summed E-state index contributed by atoms with van der Waals surface area (Å²) in [5.41, 5.74) is 9.96. The molecule has 0 spiro atoms. The molecule has 0 aliphatic rings. The third-order valence-corrected chi connectivity index (χ3v) is 0.880. The largest absolute Gasteiger partial charge is 0.550 e. The van der Waals surface area contributed by atoms with Gasteiger partial charge in [-0.2, -0.15) is 5.10 Å². The number of aliphatic carboxylic acids is 1. The van der Waals surface area contributed by atoms with E-state index in [2.05, 4.69) is 10.2 Å². The summed E-state index contributed by atoms with van der Waals surface area (Å²) in [6.45, 7) is 2.49. The lowest BCUT2D eigenvalue weighted by atomic mass is 10.2. The van der Waals surface area contributed by atoms with E-state index < -0.39 is 5.97 Å². The number of ketones is 1. The van der Waals surface area contributed by atoms with Crippen LogP contribution in [-0.4, -0.2) is 23.9 Å². The summed E-state index contributed by atoms with van der Waals surface area (Å²) in [6, 6.07) is 0. The first-order valence-electron chi connectivity index (χ1n) is 4.13. The molecule has 0 amide bonds. The minimum Gasteiger partial charge on any atom is -0.550 e. The van der Waals surface area contributed by atoms with Crippen molar-refractivity contribution in [3.63, 3.8) is 0 Å². The van der Waals surface area contributed by atoms with Gasteiger partial charge in [0, 0.05) is 18.6 Å². The topological polar surface area (TPSA) is 134 Å². The lowest BCUT2D eigenvalue weighted by Crippen LogP contribution is -2.21. The summed E-state index contributed by atoms with van der Waals surface area (Å²) < 4.78 is 0. The van der Waals surface area contributed by atoms with Crippen LogP contribution in [-0.2, 0) is 9.59 Å². The van der Waals surface area contributed by atoms with E-state index in [0.717, 1.165) is 6.92 Å². The van der Waals surface area contributed by atoms with Gasteiger partial charge in [0.25, 0.3) is 0 Å². The van der Waals surface area contributed by atoms with E-state index in [-0.39, 0.29) is 11.7 Å². The van der Waals surface area contributed by atoms with Crippen molar-refractivity contribution >= 4 is 23.9 Å². The van der Waals surface area contributed by atoms with Crippen molar-refractivity contribution in [1.82, 2.24) is 0 Å². The van der Waals surface area contributed by atoms with Crippen LogP contribution in [0.3, 0.4) is 0 Å². The predicted octanol–water partition coefficient (Wildman–Crippen LogP) is -1.63. The Kier molecular flexibility index (Phi) is 10.5. The monoisotopic (exact) mass is 215 g/mol. The Bertz CT molecular complexity index is 253. The normalized spacial score (nSPS) is 8.93. The number of Topliss-reactive ketones (excluding diaryl/α,β-unsaturated/α-hetero) is 1. The number of rotatable bonds is 4. The van der Waals surface area contributed by atoms with Gasteiger partial charge in [0.2, 0.25) is 5.96 Å². The van der Waals surface area contributed by atoms with Gasteiger partial charge in [-0.25, -0.2) is 0 Å². The van der Waals surface area contributed by atoms with Gasteiger partial charge in [0.05, 0.1) is 0 Å². The van der Waals surface area contributed by atoms with Crippen LogP contribution >= 0.6 is 0 Å². The molecule has 7 heteroatoms. The van der Waals surface area contributed by atoms with Crippen molar-refractivity contribution in [1.29, 1.82) is 0 Å². The average Bonchev–Trinajstić information content (AvgIpc) is 2.01. The highest BCUT2D eigenvalue weighted by Gasteiger charge is 1.88. The van der Waals surface area contributed by atoms with Gasteiger partial charge in [-0.3, -0.25) is 0 Å². The van der Waals surface area contributed by atoms with Gasteiger partial charge in [0.15, 0.2) is 0 Å². The molecule has 15 heavy (non-hydrogen) atoms. The fourth-order valence-corrected chi connectivity index (χ4v) is 0.433. The average molecular weight is 215 g/mol. The van der Waals surface area contributed by atoms with Crippen LogP contribution < -0.4 is 16.6 Å². The molecule has 0 aliphatic heterocycles. The van der Waals surface area contributed by atoms with Crippen molar-refractivity contribution in [3.8, 4) is 0 Å². The maximum absolute atomic E-state index is 10.4. The van der Waals surface area contributed by atoms with Crippen LogP contribution in [0.2, 0.25) is 0 Å². The van der Waals surface area contributed by atoms with Gasteiger partial charge in [-0.15, -0.1) is 5.10 Å².